The fraction of sp³-hybridized carbons (Fsp3) is 0.412. The predicted molar refractivity (Wildman–Crippen MR) is 91.5 cm³/mol. The number of nitrogens with zero attached hydrogens (tertiary/aromatic N) is 1. The van der Waals surface area contributed by atoms with Crippen LogP contribution in [0.15, 0.2) is 34.9 Å². The van der Waals surface area contributed by atoms with Crippen LogP contribution in [0.5, 0.6) is 0 Å². The van der Waals surface area contributed by atoms with Gasteiger partial charge in [-0.3, -0.25) is 4.79 Å². The summed E-state index contributed by atoms with van der Waals surface area (Å²) in [5, 5.41) is 6.18. The highest BCUT2D eigenvalue weighted by atomic mass is 35.5. The lowest BCUT2D eigenvalue weighted by molar-refractivity contribution is -0.125. The van der Waals surface area contributed by atoms with E-state index in [1.54, 1.807) is 18.4 Å². The van der Waals surface area contributed by atoms with Crippen LogP contribution in [0.1, 0.15) is 18.5 Å². The van der Waals surface area contributed by atoms with E-state index in [1.165, 1.54) is 12.1 Å². The Hall–Kier alpha value is -1.92. The zero-order chi connectivity index (χ0) is 16.1. The number of aromatic nitrogens is 1. The maximum Gasteiger partial charge on any atom is 0.226 e. The van der Waals surface area contributed by atoms with E-state index in [4.69, 9.17) is 4.42 Å². The van der Waals surface area contributed by atoms with Gasteiger partial charge in [-0.05, 0) is 43.7 Å². The molecule has 1 atom stereocenters. The number of hydrogen-bond donors (Lipinski definition) is 2. The number of piperidine rings is 1. The Morgan fingerprint density at radius 2 is 2.17 bits per heavy atom. The summed E-state index contributed by atoms with van der Waals surface area (Å²) in [5.41, 5.74) is 1.50. The van der Waals surface area contributed by atoms with Crippen molar-refractivity contribution in [2.24, 2.45) is 5.92 Å². The van der Waals surface area contributed by atoms with Crippen LogP contribution in [0.25, 0.3) is 11.5 Å². The molecule has 3 rings (SSSR count). The third-order valence-electron chi connectivity index (χ3n) is 3.99. The Morgan fingerprint density at radius 1 is 1.38 bits per heavy atom. The van der Waals surface area contributed by atoms with E-state index >= 15 is 0 Å². The van der Waals surface area contributed by atoms with E-state index in [0.29, 0.717) is 18.9 Å². The molecule has 0 aliphatic carbocycles. The molecule has 2 heterocycles. The molecule has 7 heteroatoms. The van der Waals surface area contributed by atoms with Crippen LogP contribution >= 0.6 is 12.4 Å². The van der Waals surface area contributed by atoms with E-state index < -0.39 is 0 Å². The highest BCUT2D eigenvalue weighted by Crippen LogP contribution is 2.19. The third-order valence-corrected chi connectivity index (χ3v) is 3.99. The predicted octanol–water partition coefficient (Wildman–Crippen LogP) is 2.56. The molecule has 0 spiro atoms. The smallest absolute Gasteiger partial charge is 0.226 e. The molecule has 130 valence electrons. The molecule has 2 aromatic rings. The topological polar surface area (TPSA) is 67.2 Å². The fourth-order valence-corrected chi connectivity index (χ4v) is 2.68. The van der Waals surface area contributed by atoms with Crippen molar-refractivity contribution in [3.63, 3.8) is 0 Å². The first kappa shape index (κ1) is 18.4. The van der Waals surface area contributed by atoms with E-state index in [0.717, 1.165) is 37.2 Å². The third kappa shape index (κ3) is 4.79. The summed E-state index contributed by atoms with van der Waals surface area (Å²) in [6.07, 6.45) is 4.17. The molecule has 1 aromatic carbocycles. The van der Waals surface area contributed by atoms with Crippen molar-refractivity contribution in [3.8, 4) is 11.5 Å². The number of oxazole rings is 1. The van der Waals surface area contributed by atoms with E-state index in [9.17, 15) is 9.18 Å². The first-order valence-electron chi connectivity index (χ1n) is 7.91. The standard InChI is InChI=1S/C17H20FN3O2.ClH/c18-14-5-3-12(4-6-14)17-21-15(11-23-17)7-9-20-16(22)13-2-1-8-19-10-13;/h3-6,11,13,19H,1-2,7-10H2,(H,20,22);1H. The molecule has 24 heavy (non-hydrogen) atoms. The summed E-state index contributed by atoms with van der Waals surface area (Å²) in [6.45, 7) is 2.28. The normalized spacial score (nSPS) is 17.1. The van der Waals surface area contributed by atoms with Gasteiger partial charge in [0, 0.05) is 25.1 Å². The van der Waals surface area contributed by atoms with Crippen LogP contribution in [0.3, 0.4) is 0 Å². The maximum absolute atomic E-state index is 12.9. The Kier molecular flexibility index (Phi) is 6.75. The Labute approximate surface area is 146 Å². The maximum atomic E-state index is 12.9. The van der Waals surface area contributed by atoms with Gasteiger partial charge in [-0.15, -0.1) is 12.4 Å². The van der Waals surface area contributed by atoms with Crippen LogP contribution < -0.4 is 10.6 Å². The molecular formula is C17H21ClFN3O2. The van der Waals surface area contributed by atoms with Crippen molar-refractivity contribution in [2.45, 2.75) is 19.3 Å². The molecule has 1 fully saturated rings. The van der Waals surface area contributed by atoms with Gasteiger partial charge in [0.25, 0.3) is 0 Å². The number of amides is 1. The van der Waals surface area contributed by atoms with Gasteiger partial charge in [-0.2, -0.15) is 0 Å². The van der Waals surface area contributed by atoms with Crippen LogP contribution in [-0.2, 0) is 11.2 Å². The molecule has 1 amide bonds. The van der Waals surface area contributed by atoms with Crippen molar-refractivity contribution in [2.75, 3.05) is 19.6 Å². The highest BCUT2D eigenvalue weighted by Gasteiger charge is 2.20. The van der Waals surface area contributed by atoms with Crippen molar-refractivity contribution >= 4 is 18.3 Å². The largest absolute Gasteiger partial charge is 0.444 e. The molecular weight excluding hydrogens is 333 g/mol. The minimum Gasteiger partial charge on any atom is -0.444 e. The van der Waals surface area contributed by atoms with Crippen LogP contribution in [0.2, 0.25) is 0 Å². The second-order valence-electron chi connectivity index (χ2n) is 5.74. The number of rotatable bonds is 5. The second kappa shape index (κ2) is 8.80. The molecule has 1 saturated heterocycles. The van der Waals surface area contributed by atoms with Crippen molar-refractivity contribution in [1.29, 1.82) is 0 Å². The summed E-state index contributed by atoms with van der Waals surface area (Å²) >= 11 is 0. The highest BCUT2D eigenvalue weighted by molar-refractivity contribution is 5.85. The van der Waals surface area contributed by atoms with E-state index in [2.05, 4.69) is 15.6 Å². The minimum absolute atomic E-state index is 0. The molecule has 1 aliphatic heterocycles. The first-order valence-corrected chi connectivity index (χ1v) is 7.91. The quantitative estimate of drug-likeness (QED) is 0.867. The van der Waals surface area contributed by atoms with Crippen LogP contribution in [-0.4, -0.2) is 30.5 Å². The summed E-state index contributed by atoms with van der Waals surface area (Å²) in [5.74, 6) is 0.332. The molecule has 1 aromatic heterocycles. The Morgan fingerprint density at radius 3 is 2.88 bits per heavy atom. The van der Waals surface area contributed by atoms with Gasteiger partial charge < -0.3 is 15.1 Å². The number of benzene rings is 1. The minimum atomic E-state index is -0.291. The SMILES string of the molecule is Cl.O=C(NCCc1coc(-c2ccc(F)cc2)n1)C1CCCNC1. The van der Waals surface area contributed by atoms with E-state index in [-0.39, 0.29) is 30.0 Å². The van der Waals surface area contributed by atoms with Gasteiger partial charge >= 0.3 is 0 Å². The molecule has 1 aliphatic rings. The molecule has 0 bridgehead atoms. The zero-order valence-corrected chi connectivity index (χ0v) is 14.1. The number of halogens is 2. The molecule has 0 radical (unpaired) electrons. The average molecular weight is 354 g/mol. The van der Waals surface area contributed by atoms with Crippen LogP contribution in [0.4, 0.5) is 4.39 Å². The molecule has 2 N–H and O–H groups in total. The average Bonchev–Trinajstić information content (AvgIpc) is 3.05. The lowest BCUT2D eigenvalue weighted by Gasteiger charge is -2.21. The molecule has 0 saturated carbocycles. The lowest BCUT2D eigenvalue weighted by atomic mass is 9.99. The van der Waals surface area contributed by atoms with Gasteiger partial charge in [0.15, 0.2) is 0 Å². The monoisotopic (exact) mass is 353 g/mol. The Bertz CT molecular complexity index is 654. The number of nitrogens with one attached hydrogen (secondary N) is 2. The number of hydrogen-bond acceptors (Lipinski definition) is 4. The summed E-state index contributed by atoms with van der Waals surface area (Å²) in [4.78, 5) is 16.4. The summed E-state index contributed by atoms with van der Waals surface area (Å²) in [6, 6.07) is 6.00. The van der Waals surface area contributed by atoms with E-state index in [1.807, 2.05) is 0 Å². The van der Waals surface area contributed by atoms with Gasteiger partial charge in [-0.25, -0.2) is 9.37 Å². The Balaban J connectivity index is 0.00000208. The lowest BCUT2D eigenvalue weighted by Crippen LogP contribution is -2.41. The molecule has 5 nitrogen and oxygen atoms in total. The molecule has 1 unspecified atom stereocenters. The van der Waals surface area contributed by atoms with Gasteiger partial charge in [0.2, 0.25) is 11.8 Å². The van der Waals surface area contributed by atoms with Crippen molar-refractivity contribution in [1.82, 2.24) is 15.6 Å². The van der Waals surface area contributed by atoms with Crippen molar-refractivity contribution in [3.05, 3.63) is 42.0 Å². The first-order chi connectivity index (χ1) is 11.2. The number of carbonyl (C=O) groups excluding carboxylic acids is 1. The summed E-state index contributed by atoms with van der Waals surface area (Å²) < 4.78 is 18.3. The van der Waals surface area contributed by atoms with Gasteiger partial charge in [0.05, 0.1) is 11.6 Å². The fourth-order valence-electron chi connectivity index (χ4n) is 2.68. The summed E-state index contributed by atoms with van der Waals surface area (Å²) in [7, 11) is 0. The van der Waals surface area contributed by atoms with Gasteiger partial charge in [0.1, 0.15) is 12.1 Å². The van der Waals surface area contributed by atoms with Gasteiger partial charge in [-0.1, -0.05) is 0 Å². The number of carbonyl (C=O) groups is 1. The van der Waals surface area contributed by atoms with Crippen LogP contribution in [0, 0.1) is 11.7 Å². The second-order valence-corrected chi connectivity index (χ2v) is 5.74. The van der Waals surface area contributed by atoms with Crippen molar-refractivity contribution < 1.29 is 13.6 Å². The zero-order valence-electron chi connectivity index (χ0n) is 13.3.